The number of hydrogen-bond acceptors (Lipinski definition) is 6. The Morgan fingerprint density at radius 1 is 1.14 bits per heavy atom. The van der Waals surface area contributed by atoms with E-state index in [0.29, 0.717) is 5.96 Å². The molecule has 28 heavy (non-hydrogen) atoms. The minimum Gasteiger partial charge on any atom is -0.369 e. The highest BCUT2D eigenvalue weighted by Crippen LogP contribution is 2.41. The number of benzene rings is 1. The van der Waals surface area contributed by atoms with Crippen molar-refractivity contribution in [1.29, 1.82) is 0 Å². The van der Waals surface area contributed by atoms with Crippen LogP contribution in [0.4, 0.5) is 11.4 Å². The highest BCUT2D eigenvalue weighted by atomic mass is 16.1. The molecule has 0 radical (unpaired) electrons. The van der Waals surface area contributed by atoms with Gasteiger partial charge in [-0.2, -0.15) is 4.99 Å². The van der Waals surface area contributed by atoms with Gasteiger partial charge in [0.2, 0.25) is 17.8 Å². The fourth-order valence-corrected chi connectivity index (χ4v) is 4.83. The standard InChI is InChI=1S/C21H30N6O/c1-14-9-10-16(24-18(28)15-7-3-4-8-15)13-17(14)27-20(23)25-19(22)26-21(27)11-5-2-6-12-21/h9-10,13,15H,2-8,11-12H2,1H3,(H,24,28)(H4,22,23,25,26). The molecule has 1 spiro atoms. The number of aryl methyl sites for hydroxylation is 1. The Labute approximate surface area is 166 Å². The molecule has 2 fully saturated rings. The Kier molecular flexibility index (Phi) is 5.00. The first-order valence-electron chi connectivity index (χ1n) is 10.4. The number of anilines is 2. The van der Waals surface area contributed by atoms with Crippen molar-refractivity contribution < 1.29 is 4.79 Å². The quantitative estimate of drug-likeness (QED) is 0.745. The molecule has 0 bridgehead atoms. The van der Waals surface area contributed by atoms with E-state index >= 15 is 0 Å². The smallest absolute Gasteiger partial charge is 0.227 e. The van der Waals surface area contributed by atoms with Gasteiger partial charge in [0, 0.05) is 11.6 Å². The molecule has 1 aromatic carbocycles. The molecule has 2 aliphatic carbocycles. The zero-order valence-corrected chi connectivity index (χ0v) is 16.6. The van der Waals surface area contributed by atoms with Crippen molar-refractivity contribution in [2.75, 3.05) is 10.2 Å². The van der Waals surface area contributed by atoms with Crippen LogP contribution in [0.3, 0.4) is 0 Å². The van der Waals surface area contributed by atoms with E-state index < -0.39 is 5.66 Å². The molecule has 1 heterocycles. The first-order valence-corrected chi connectivity index (χ1v) is 10.4. The van der Waals surface area contributed by atoms with Crippen molar-refractivity contribution in [2.24, 2.45) is 27.4 Å². The first kappa shape index (κ1) is 18.8. The van der Waals surface area contributed by atoms with Crippen molar-refractivity contribution in [3.05, 3.63) is 23.8 Å². The molecule has 7 heteroatoms. The Hall–Kier alpha value is -2.57. The second-order valence-electron chi connectivity index (χ2n) is 8.29. The van der Waals surface area contributed by atoms with E-state index in [9.17, 15) is 4.79 Å². The van der Waals surface area contributed by atoms with Crippen LogP contribution in [0.15, 0.2) is 28.2 Å². The zero-order chi connectivity index (χ0) is 19.7. The Bertz CT molecular complexity index is 818. The van der Waals surface area contributed by atoms with Gasteiger partial charge in [0.15, 0.2) is 0 Å². The van der Waals surface area contributed by atoms with Gasteiger partial charge in [-0.05, 0) is 63.1 Å². The Morgan fingerprint density at radius 2 is 1.86 bits per heavy atom. The van der Waals surface area contributed by atoms with Crippen LogP contribution >= 0.6 is 0 Å². The van der Waals surface area contributed by atoms with E-state index in [1.54, 1.807) is 0 Å². The lowest BCUT2D eigenvalue weighted by molar-refractivity contribution is -0.119. The number of rotatable bonds is 3. The molecule has 7 nitrogen and oxygen atoms in total. The molecule has 0 aromatic heterocycles. The number of nitrogens with two attached hydrogens (primary N) is 2. The van der Waals surface area contributed by atoms with E-state index in [2.05, 4.69) is 10.3 Å². The van der Waals surface area contributed by atoms with Gasteiger partial charge in [-0.15, -0.1) is 0 Å². The molecule has 5 N–H and O–H groups in total. The molecular formula is C21H30N6O. The van der Waals surface area contributed by atoms with Crippen molar-refractivity contribution >= 4 is 29.2 Å². The summed E-state index contributed by atoms with van der Waals surface area (Å²) >= 11 is 0. The maximum Gasteiger partial charge on any atom is 0.227 e. The van der Waals surface area contributed by atoms with Crippen molar-refractivity contribution in [1.82, 2.24) is 0 Å². The Balaban J connectivity index is 1.66. The normalized spacial score (nSPS) is 22.1. The van der Waals surface area contributed by atoms with Crippen LogP contribution in [0.25, 0.3) is 0 Å². The summed E-state index contributed by atoms with van der Waals surface area (Å²) in [5, 5.41) is 3.10. The Morgan fingerprint density at radius 3 is 2.57 bits per heavy atom. The molecule has 0 atom stereocenters. The first-order chi connectivity index (χ1) is 13.5. The molecule has 1 aromatic rings. The van der Waals surface area contributed by atoms with Gasteiger partial charge in [-0.1, -0.05) is 25.3 Å². The number of carbonyl (C=O) groups is 1. The third-order valence-electron chi connectivity index (χ3n) is 6.29. The number of hydrogen-bond donors (Lipinski definition) is 3. The summed E-state index contributed by atoms with van der Waals surface area (Å²) < 4.78 is 0. The van der Waals surface area contributed by atoms with Crippen LogP contribution in [0, 0.1) is 12.8 Å². The van der Waals surface area contributed by atoms with Crippen molar-refractivity contribution in [3.63, 3.8) is 0 Å². The summed E-state index contributed by atoms with van der Waals surface area (Å²) in [4.78, 5) is 23.6. The molecule has 1 amide bonds. The van der Waals surface area contributed by atoms with Crippen LogP contribution < -0.4 is 21.7 Å². The summed E-state index contributed by atoms with van der Waals surface area (Å²) in [5.74, 6) is 0.860. The lowest BCUT2D eigenvalue weighted by Gasteiger charge is -2.46. The number of amides is 1. The van der Waals surface area contributed by atoms with Crippen molar-refractivity contribution in [2.45, 2.75) is 70.4 Å². The van der Waals surface area contributed by atoms with E-state index in [0.717, 1.165) is 68.3 Å². The van der Waals surface area contributed by atoms with Gasteiger partial charge < -0.3 is 16.8 Å². The summed E-state index contributed by atoms with van der Waals surface area (Å²) in [5.41, 5.74) is 14.6. The van der Waals surface area contributed by atoms with Crippen LogP contribution in [0.5, 0.6) is 0 Å². The zero-order valence-electron chi connectivity index (χ0n) is 16.6. The average Bonchev–Trinajstić information content (AvgIpc) is 3.19. The van der Waals surface area contributed by atoms with Gasteiger partial charge in [0.1, 0.15) is 5.66 Å². The van der Waals surface area contributed by atoms with Crippen LogP contribution in [-0.4, -0.2) is 23.5 Å². The molecular weight excluding hydrogens is 352 g/mol. The van der Waals surface area contributed by atoms with Gasteiger partial charge in [-0.25, -0.2) is 4.99 Å². The number of nitrogens with one attached hydrogen (secondary N) is 1. The summed E-state index contributed by atoms with van der Waals surface area (Å²) in [6.07, 6.45) is 9.37. The molecule has 0 saturated heterocycles. The van der Waals surface area contributed by atoms with E-state index in [4.69, 9.17) is 16.5 Å². The van der Waals surface area contributed by atoms with Crippen LogP contribution in [0.1, 0.15) is 63.4 Å². The second-order valence-corrected chi connectivity index (χ2v) is 8.29. The fourth-order valence-electron chi connectivity index (χ4n) is 4.83. The molecule has 0 unspecified atom stereocenters. The second kappa shape index (κ2) is 7.45. The molecule has 2 saturated carbocycles. The molecule has 1 aliphatic heterocycles. The van der Waals surface area contributed by atoms with E-state index in [1.807, 2.05) is 30.0 Å². The summed E-state index contributed by atoms with van der Waals surface area (Å²) in [6.45, 7) is 2.05. The lowest BCUT2D eigenvalue weighted by atomic mass is 9.87. The minimum absolute atomic E-state index is 0.113. The number of carbonyl (C=O) groups excluding carboxylic acids is 1. The van der Waals surface area contributed by atoms with Crippen LogP contribution in [-0.2, 0) is 4.79 Å². The monoisotopic (exact) mass is 382 g/mol. The maximum atomic E-state index is 12.6. The highest BCUT2D eigenvalue weighted by molar-refractivity contribution is 6.06. The summed E-state index contributed by atoms with van der Waals surface area (Å²) in [7, 11) is 0. The van der Waals surface area contributed by atoms with E-state index in [1.165, 1.54) is 6.42 Å². The third-order valence-corrected chi connectivity index (χ3v) is 6.29. The van der Waals surface area contributed by atoms with Crippen molar-refractivity contribution in [3.8, 4) is 0 Å². The number of nitrogens with zero attached hydrogens (tertiary/aromatic N) is 3. The summed E-state index contributed by atoms with van der Waals surface area (Å²) in [6, 6.07) is 5.97. The van der Waals surface area contributed by atoms with E-state index in [-0.39, 0.29) is 17.8 Å². The predicted octanol–water partition coefficient (Wildman–Crippen LogP) is 3.23. The minimum atomic E-state index is -0.479. The fraction of sp³-hybridized carbons (Fsp3) is 0.571. The molecule has 4 rings (SSSR count). The van der Waals surface area contributed by atoms with Gasteiger partial charge >= 0.3 is 0 Å². The number of guanidine groups is 2. The van der Waals surface area contributed by atoms with Gasteiger partial charge in [0.25, 0.3) is 0 Å². The largest absolute Gasteiger partial charge is 0.369 e. The predicted molar refractivity (Wildman–Crippen MR) is 113 cm³/mol. The molecule has 3 aliphatic rings. The van der Waals surface area contributed by atoms with Gasteiger partial charge in [-0.3, -0.25) is 9.69 Å². The number of aliphatic imine (C=N–C) groups is 2. The van der Waals surface area contributed by atoms with Gasteiger partial charge in [0.05, 0.1) is 5.69 Å². The lowest BCUT2D eigenvalue weighted by Crippen LogP contribution is -2.58. The maximum absolute atomic E-state index is 12.6. The van der Waals surface area contributed by atoms with Crippen LogP contribution in [0.2, 0.25) is 0 Å². The average molecular weight is 383 g/mol. The highest BCUT2D eigenvalue weighted by Gasteiger charge is 2.43. The topological polar surface area (TPSA) is 109 Å². The third kappa shape index (κ3) is 3.45. The molecule has 150 valence electrons. The SMILES string of the molecule is Cc1ccc(NC(=O)C2CCCC2)cc1N1C(N)=NC(N)=NC12CCCCC2.